The third-order valence-corrected chi connectivity index (χ3v) is 11.8. The fourth-order valence-corrected chi connectivity index (χ4v) is 9.21. The van der Waals surface area contributed by atoms with Crippen molar-refractivity contribution in [1.82, 2.24) is 9.80 Å². The van der Waals surface area contributed by atoms with E-state index >= 15 is 0 Å². The van der Waals surface area contributed by atoms with Gasteiger partial charge in [0.25, 0.3) is 0 Å². The van der Waals surface area contributed by atoms with Crippen molar-refractivity contribution in [3.63, 3.8) is 0 Å². The lowest BCUT2D eigenvalue weighted by atomic mass is 9.73. The number of nitrogens with zero attached hydrogens (tertiary/aromatic N) is 2. The van der Waals surface area contributed by atoms with Crippen molar-refractivity contribution in [3.8, 4) is 28.0 Å². The number of hydrogen-bond donors (Lipinski definition) is 1. The molecule has 0 saturated heterocycles. The van der Waals surface area contributed by atoms with Crippen molar-refractivity contribution >= 4 is 0 Å². The zero-order chi connectivity index (χ0) is 35.5. The van der Waals surface area contributed by atoms with Gasteiger partial charge in [0.15, 0.2) is 0 Å². The van der Waals surface area contributed by atoms with Gasteiger partial charge in [-0.1, -0.05) is 139 Å². The van der Waals surface area contributed by atoms with Crippen LogP contribution in [0, 0.1) is 13.8 Å². The Kier molecular flexibility index (Phi) is 8.25. The van der Waals surface area contributed by atoms with Crippen molar-refractivity contribution in [3.05, 3.63) is 183 Å². The van der Waals surface area contributed by atoms with Crippen molar-refractivity contribution in [2.45, 2.75) is 51.6 Å². The second-order valence-electron chi connectivity index (χ2n) is 15.4. The van der Waals surface area contributed by atoms with Crippen molar-refractivity contribution in [2.75, 3.05) is 27.2 Å². The van der Waals surface area contributed by atoms with Crippen molar-refractivity contribution in [2.24, 2.45) is 0 Å². The molecule has 0 aromatic heterocycles. The Morgan fingerprint density at radius 3 is 1.43 bits per heavy atom. The topological polar surface area (TPSA) is 26.7 Å². The van der Waals surface area contributed by atoms with Gasteiger partial charge in [0.05, 0.1) is 0 Å². The third kappa shape index (κ3) is 5.42. The Balaban J connectivity index is 0.997. The molecule has 0 fully saturated rings. The van der Waals surface area contributed by atoms with E-state index in [1.165, 1.54) is 66.8 Å². The monoisotopic (exact) mass is 668 g/mol. The van der Waals surface area contributed by atoms with Crippen LogP contribution in [0.5, 0.6) is 5.75 Å². The van der Waals surface area contributed by atoms with E-state index in [-0.39, 0.29) is 5.41 Å². The van der Waals surface area contributed by atoms with Gasteiger partial charge in [-0.15, -0.1) is 0 Å². The van der Waals surface area contributed by atoms with E-state index in [1.54, 1.807) is 0 Å². The highest BCUT2D eigenvalue weighted by atomic mass is 16.3. The number of likely N-dealkylation sites (N-methyl/N-ethyl adjacent to an activating group) is 2. The molecule has 3 heteroatoms. The molecule has 0 saturated carbocycles. The van der Waals surface area contributed by atoms with Gasteiger partial charge in [0.1, 0.15) is 5.75 Å². The summed E-state index contributed by atoms with van der Waals surface area (Å²) in [6, 6.07) is 46.6. The molecule has 6 aromatic carbocycles. The van der Waals surface area contributed by atoms with Gasteiger partial charge in [-0.25, -0.2) is 0 Å². The van der Waals surface area contributed by atoms with Gasteiger partial charge in [-0.05, 0) is 97.4 Å². The number of aryl methyl sites for hydroxylation is 2. The number of phenols is 1. The molecule has 0 atom stereocenters. The van der Waals surface area contributed by atoms with Crippen LogP contribution in [-0.4, -0.2) is 42.1 Å². The fraction of sp³-hybridized carbons (Fsp3) is 0.250. The number of rotatable bonds is 9. The highest BCUT2D eigenvalue weighted by Crippen LogP contribution is 2.55. The first-order valence-electron chi connectivity index (χ1n) is 18.3. The smallest absolute Gasteiger partial charge is 0.124 e. The SMILES string of the molecule is Cc1cc(CN(C)CCN(C)Cc2cc(C)cc(C3(C)c4ccccc4-c4ccccc43)c2O)cc(C2(C)c3ccccc3-c3ccccc32)c1. The molecule has 2 aliphatic rings. The van der Waals surface area contributed by atoms with Crippen LogP contribution in [0.3, 0.4) is 0 Å². The lowest BCUT2D eigenvalue weighted by Gasteiger charge is -2.31. The number of aromatic hydroxyl groups is 1. The summed E-state index contributed by atoms with van der Waals surface area (Å²) in [4.78, 5) is 4.76. The predicted molar refractivity (Wildman–Crippen MR) is 212 cm³/mol. The minimum absolute atomic E-state index is 0.193. The van der Waals surface area contributed by atoms with Crippen LogP contribution in [0.2, 0.25) is 0 Å². The molecular weight excluding hydrogens is 621 g/mol. The summed E-state index contributed by atoms with van der Waals surface area (Å²) >= 11 is 0. The van der Waals surface area contributed by atoms with Gasteiger partial charge in [0, 0.05) is 48.1 Å². The summed E-state index contributed by atoms with van der Waals surface area (Å²) in [7, 11) is 4.38. The van der Waals surface area contributed by atoms with E-state index < -0.39 is 5.41 Å². The molecule has 0 radical (unpaired) electrons. The van der Waals surface area contributed by atoms with Gasteiger partial charge < -0.3 is 14.9 Å². The zero-order valence-electron chi connectivity index (χ0n) is 30.8. The molecule has 3 nitrogen and oxygen atoms in total. The lowest BCUT2D eigenvalue weighted by Crippen LogP contribution is -2.31. The molecule has 0 bridgehead atoms. The Bertz CT molecular complexity index is 2190. The molecular formula is C48H48N2O. The average Bonchev–Trinajstić information content (AvgIpc) is 3.55. The first kappa shape index (κ1) is 33.2. The fourth-order valence-electron chi connectivity index (χ4n) is 9.21. The van der Waals surface area contributed by atoms with E-state index in [0.29, 0.717) is 12.3 Å². The molecule has 256 valence electrons. The normalized spacial score (nSPS) is 14.7. The highest BCUT2D eigenvalue weighted by molar-refractivity contribution is 5.84. The Morgan fingerprint density at radius 1 is 0.490 bits per heavy atom. The van der Waals surface area contributed by atoms with E-state index in [2.05, 4.69) is 179 Å². The maximum Gasteiger partial charge on any atom is 0.124 e. The summed E-state index contributed by atoms with van der Waals surface area (Å²) in [6.45, 7) is 12.4. The summed E-state index contributed by atoms with van der Waals surface area (Å²) in [5, 5.41) is 12.0. The quantitative estimate of drug-likeness (QED) is 0.166. The summed E-state index contributed by atoms with van der Waals surface area (Å²) in [5.41, 5.74) is 17.0. The lowest BCUT2D eigenvalue weighted by molar-refractivity contribution is 0.245. The Hall–Kier alpha value is -4.96. The number of hydrogen-bond acceptors (Lipinski definition) is 3. The van der Waals surface area contributed by atoms with Crippen LogP contribution in [0.1, 0.15) is 69.5 Å². The van der Waals surface area contributed by atoms with Crippen LogP contribution >= 0.6 is 0 Å². The van der Waals surface area contributed by atoms with Gasteiger partial charge in [-0.3, -0.25) is 0 Å². The minimum atomic E-state index is -0.427. The highest BCUT2D eigenvalue weighted by Gasteiger charge is 2.43. The maximum absolute atomic E-state index is 12.0. The zero-order valence-corrected chi connectivity index (χ0v) is 30.8. The molecule has 1 N–H and O–H groups in total. The number of fused-ring (bicyclic) bond motifs is 6. The second kappa shape index (κ2) is 12.7. The van der Waals surface area contributed by atoms with E-state index in [1.807, 2.05) is 0 Å². The largest absolute Gasteiger partial charge is 0.507 e. The molecule has 0 heterocycles. The average molecular weight is 669 g/mol. The van der Waals surface area contributed by atoms with Crippen molar-refractivity contribution in [1.29, 1.82) is 0 Å². The Labute approximate surface area is 303 Å². The first-order chi connectivity index (χ1) is 24.6. The third-order valence-electron chi connectivity index (χ3n) is 11.8. The van der Waals surface area contributed by atoms with Crippen LogP contribution in [0.4, 0.5) is 0 Å². The molecule has 6 aromatic rings. The van der Waals surface area contributed by atoms with E-state index in [9.17, 15) is 5.11 Å². The van der Waals surface area contributed by atoms with E-state index in [0.717, 1.165) is 30.8 Å². The molecule has 0 unspecified atom stereocenters. The summed E-state index contributed by atoms with van der Waals surface area (Å²) < 4.78 is 0. The van der Waals surface area contributed by atoms with Gasteiger partial charge >= 0.3 is 0 Å². The van der Waals surface area contributed by atoms with Crippen LogP contribution in [0.15, 0.2) is 127 Å². The number of phenolic OH excluding ortho intramolecular Hbond substituents is 1. The van der Waals surface area contributed by atoms with Crippen molar-refractivity contribution < 1.29 is 5.11 Å². The first-order valence-corrected chi connectivity index (χ1v) is 18.3. The van der Waals surface area contributed by atoms with Gasteiger partial charge in [-0.2, -0.15) is 0 Å². The standard InChI is InChI=1S/C48H48N2O/c1-32-25-34(29-36(27-32)47(3)41-19-11-7-15-37(41)38-16-8-12-20-42(38)47)30-49(5)23-24-50(6)31-35-26-33(2)28-45(46(35)51)48(4)43-21-13-9-17-39(43)40-18-10-14-22-44(40)48/h7-22,25-29,51H,23-24,30-31H2,1-6H3. The summed E-state index contributed by atoms with van der Waals surface area (Å²) in [5.74, 6) is 0.408. The number of benzene rings is 6. The van der Waals surface area contributed by atoms with Crippen LogP contribution < -0.4 is 0 Å². The molecule has 0 spiro atoms. The molecule has 0 aliphatic heterocycles. The molecule has 8 rings (SSSR count). The van der Waals surface area contributed by atoms with E-state index in [4.69, 9.17) is 0 Å². The van der Waals surface area contributed by atoms with Gasteiger partial charge in [0.2, 0.25) is 0 Å². The Morgan fingerprint density at radius 2 is 0.922 bits per heavy atom. The molecule has 2 aliphatic carbocycles. The maximum atomic E-state index is 12.0. The summed E-state index contributed by atoms with van der Waals surface area (Å²) in [6.07, 6.45) is 0. The van der Waals surface area contributed by atoms with Crippen LogP contribution in [-0.2, 0) is 23.9 Å². The molecule has 51 heavy (non-hydrogen) atoms. The molecule has 0 amide bonds. The van der Waals surface area contributed by atoms with Crippen LogP contribution in [0.25, 0.3) is 22.3 Å². The predicted octanol–water partition coefficient (Wildman–Crippen LogP) is 10.2. The minimum Gasteiger partial charge on any atom is -0.507 e. The second-order valence-corrected chi connectivity index (χ2v) is 15.4.